The molecule has 3 aromatic rings. The van der Waals surface area contributed by atoms with Crippen molar-refractivity contribution in [3.8, 4) is 11.5 Å². The van der Waals surface area contributed by atoms with Gasteiger partial charge in [0.05, 0.1) is 0 Å². The first-order valence-electron chi connectivity index (χ1n) is 10.5. The summed E-state index contributed by atoms with van der Waals surface area (Å²) in [6, 6.07) is 22.0. The van der Waals surface area contributed by atoms with Gasteiger partial charge in [-0.2, -0.15) is 0 Å². The van der Waals surface area contributed by atoms with Crippen LogP contribution in [-0.4, -0.2) is 24.0 Å². The zero-order chi connectivity index (χ0) is 23.1. The lowest BCUT2D eigenvalue weighted by Crippen LogP contribution is -2.31. The summed E-state index contributed by atoms with van der Waals surface area (Å²) in [4.78, 5) is 25.1. The van der Waals surface area contributed by atoms with Crippen LogP contribution in [0.5, 0.6) is 11.5 Å². The van der Waals surface area contributed by atoms with E-state index in [0.29, 0.717) is 22.9 Å². The van der Waals surface area contributed by atoms with E-state index in [-0.39, 0.29) is 11.8 Å². The predicted molar refractivity (Wildman–Crippen MR) is 126 cm³/mol. The Morgan fingerprint density at radius 3 is 1.47 bits per heavy atom. The third kappa shape index (κ3) is 6.11. The fourth-order valence-electron chi connectivity index (χ4n) is 3.03. The molecule has 0 aliphatic heterocycles. The van der Waals surface area contributed by atoms with Gasteiger partial charge in [0.15, 0.2) is 12.2 Å². The molecule has 0 heterocycles. The summed E-state index contributed by atoms with van der Waals surface area (Å²) >= 11 is 0. The van der Waals surface area contributed by atoms with Gasteiger partial charge in [-0.3, -0.25) is 9.59 Å². The van der Waals surface area contributed by atoms with Gasteiger partial charge in [-0.05, 0) is 69.2 Å². The molecule has 0 unspecified atom stereocenters. The second kappa shape index (κ2) is 10.5. The summed E-state index contributed by atoms with van der Waals surface area (Å²) in [7, 11) is 0. The molecule has 0 aliphatic carbocycles. The van der Waals surface area contributed by atoms with Crippen molar-refractivity contribution >= 4 is 23.2 Å². The Morgan fingerprint density at radius 2 is 1.06 bits per heavy atom. The van der Waals surface area contributed by atoms with Crippen LogP contribution < -0.4 is 20.1 Å². The maximum absolute atomic E-state index is 12.6. The van der Waals surface area contributed by atoms with Crippen LogP contribution in [0.1, 0.15) is 25.0 Å². The maximum Gasteiger partial charge on any atom is 0.265 e. The van der Waals surface area contributed by atoms with E-state index in [2.05, 4.69) is 10.6 Å². The van der Waals surface area contributed by atoms with Gasteiger partial charge in [0.1, 0.15) is 11.5 Å². The zero-order valence-corrected chi connectivity index (χ0v) is 18.7. The average Bonchev–Trinajstić information content (AvgIpc) is 2.77. The molecule has 2 amide bonds. The van der Waals surface area contributed by atoms with Gasteiger partial charge in [-0.15, -0.1) is 0 Å². The molecule has 32 heavy (non-hydrogen) atoms. The first-order valence-corrected chi connectivity index (χ1v) is 10.5. The second-order valence-electron chi connectivity index (χ2n) is 7.61. The Kier molecular flexibility index (Phi) is 7.49. The molecule has 0 aliphatic rings. The molecule has 0 fully saturated rings. The molecule has 0 bridgehead atoms. The Hall–Kier alpha value is -3.80. The molecule has 0 spiro atoms. The van der Waals surface area contributed by atoms with Crippen LogP contribution in [0.25, 0.3) is 0 Å². The maximum atomic E-state index is 12.6. The Morgan fingerprint density at radius 1 is 0.656 bits per heavy atom. The first kappa shape index (κ1) is 22.9. The van der Waals surface area contributed by atoms with Crippen LogP contribution in [0.4, 0.5) is 11.4 Å². The number of aryl methyl sites for hydroxylation is 2. The van der Waals surface area contributed by atoms with Gasteiger partial charge in [0.25, 0.3) is 11.8 Å². The zero-order valence-electron chi connectivity index (χ0n) is 18.7. The summed E-state index contributed by atoms with van der Waals surface area (Å²) in [5, 5.41) is 5.65. The van der Waals surface area contributed by atoms with Gasteiger partial charge < -0.3 is 20.1 Å². The van der Waals surface area contributed by atoms with Crippen LogP contribution in [-0.2, 0) is 9.59 Å². The highest BCUT2D eigenvalue weighted by Gasteiger charge is 2.18. The van der Waals surface area contributed by atoms with E-state index < -0.39 is 12.2 Å². The molecule has 166 valence electrons. The second-order valence-corrected chi connectivity index (χ2v) is 7.61. The molecule has 6 nitrogen and oxygen atoms in total. The SMILES string of the molecule is Cc1ccccc1O[C@H](C)C(=O)Nc1cccc(NC(=O)[C@@H](C)Oc2ccccc2C)c1. The molecule has 2 atom stereocenters. The number of hydrogen-bond acceptors (Lipinski definition) is 4. The number of ether oxygens (including phenoxy) is 2. The van der Waals surface area contributed by atoms with E-state index in [4.69, 9.17) is 9.47 Å². The molecule has 0 saturated heterocycles. The lowest BCUT2D eigenvalue weighted by Gasteiger charge is -2.17. The number of amides is 2. The minimum atomic E-state index is -0.683. The highest BCUT2D eigenvalue weighted by molar-refractivity contribution is 5.97. The van der Waals surface area contributed by atoms with Crippen LogP contribution in [0.15, 0.2) is 72.8 Å². The van der Waals surface area contributed by atoms with Crippen molar-refractivity contribution in [3.63, 3.8) is 0 Å². The van der Waals surface area contributed by atoms with E-state index in [1.807, 2.05) is 62.4 Å². The summed E-state index contributed by atoms with van der Waals surface area (Å²) in [5.41, 5.74) is 3.03. The molecule has 6 heteroatoms. The van der Waals surface area contributed by atoms with Crippen LogP contribution in [0.3, 0.4) is 0 Å². The van der Waals surface area contributed by atoms with Gasteiger partial charge >= 0.3 is 0 Å². The lowest BCUT2D eigenvalue weighted by atomic mass is 10.2. The molecular formula is C26H28N2O4. The highest BCUT2D eigenvalue weighted by Crippen LogP contribution is 2.21. The molecule has 2 N–H and O–H groups in total. The van der Waals surface area contributed by atoms with Crippen molar-refractivity contribution in [2.24, 2.45) is 0 Å². The highest BCUT2D eigenvalue weighted by atomic mass is 16.5. The summed E-state index contributed by atoms with van der Waals surface area (Å²) < 4.78 is 11.5. The first-order chi connectivity index (χ1) is 15.3. The number of hydrogen-bond donors (Lipinski definition) is 2. The number of nitrogens with one attached hydrogen (secondary N) is 2. The monoisotopic (exact) mass is 432 g/mol. The van der Waals surface area contributed by atoms with Crippen molar-refractivity contribution in [2.45, 2.75) is 39.9 Å². The van der Waals surface area contributed by atoms with Crippen LogP contribution in [0, 0.1) is 13.8 Å². The number of para-hydroxylation sites is 2. The van der Waals surface area contributed by atoms with Gasteiger partial charge in [0, 0.05) is 11.4 Å². The van der Waals surface area contributed by atoms with E-state index in [1.54, 1.807) is 38.1 Å². The molecule has 0 radical (unpaired) electrons. The summed E-state index contributed by atoms with van der Waals surface area (Å²) in [6.07, 6.45) is -1.37. The van der Waals surface area contributed by atoms with Crippen molar-refractivity contribution < 1.29 is 19.1 Å². The minimum Gasteiger partial charge on any atom is -0.481 e. The fraction of sp³-hybridized carbons (Fsp3) is 0.231. The third-order valence-electron chi connectivity index (χ3n) is 4.93. The van der Waals surface area contributed by atoms with Crippen LogP contribution >= 0.6 is 0 Å². The molecule has 3 aromatic carbocycles. The number of anilines is 2. The number of carbonyl (C=O) groups is 2. The van der Waals surface area contributed by atoms with E-state index in [1.165, 1.54) is 0 Å². The van der Waals surface area contributed by atoms with E-state index in [9.17, 15) is 9.59 Å². The summed E-state index contributed by atoms with van der Waals surface area (Å²) in [5.74, 6) is 0.763. The Balaban J connectivity index is 1.58. The van der Waals surface area contributed by atoms with Crippen molar-refractivity contribution in [2.75, 3.05) is 10.6 Å². The lowest BCUT2D eigenvalue weighted by molar-refractivity contribution is -0.122. The largest absolute Gasteiger partial charge is 0.481 e. The number of carbonyl (C=O) groups excluding carboxylic acids is 2. The smallest absolute Gasteiger partial charge is 0.265 e. The van der Waals surface area contributed by atoms with Crippen molar-refractivity contribution in [1.82, 2.24) is 0 Å². The van der Waals surface area contributed by atoms with E-state index >= 15 is 0 Å². The van der Waals surface area contributed by atoms with Gasteiger partial charge in [0.2, 0.25) is 0 Å². The topological polar surface area (TPSA) is 76.7 Å². The normalized spacial score (nSPS) is 12.4. The summed E-state index contributed by atoms with van der Waals surface area (Å²) in [6.45, 7) is 7.24. The number of benzene rings is 3. The molecule has 3 rings (SSSR count). The van der Waals surface area contributed by atoms with Crippen molar-refractivity contribution in [1.29, 1.82) is 0 Å². The Bertz CT molecular complexity index is 1010. The quantitative estimate of drug-likeness (QED) is 0.518. The predicted octanol–water partition coefficient (Wildman–Crippen LogP) is 5.12. The fourth-order valence-corrected chi connectivity index (χ4v) is 3.03. The third-order valence-corrected chi connectivity index (χ3v) is 4.93. The van der Waals surface area contributed by atoms with Gasteiger partial charge in [-0.25, -0.2) is 0 Å². The molecular weight excluding hydrogens is 404 g/mol. The Labute approximate surface area is 188 Å². The average molecular weight is 433 g/mol. The minimum absolute atomic E-state index is 0.284. The van der Waals surface area contributed by atoms with Crippen LogP contribution in [0.2, 0.25) is 0 Å². The molecule has 0 saturated carbocycles. The van der Waals surface area contributed by atoms with E-state index in [0.717, 1.165) is 11.1 Å². The van der Waals surface area contributed by atoms with Gasteiger partial charge in [-0.1, -0.05) is 42.5 Å². The standard InChI is InChI=1S/C26H28N2O4/c1-17-10-5-7-14-23(17)31-19(3)25(29)27-21-12-9-13-22(16-21)28-26(30)20(4)32-24-15-8-6-11-18(24)2/h5-16,19-20H,1-4H3,(H,27,29)(H,28,30)/t19-,20-/m1/s1. The van der Waals surface area contributed by atoms with Crippen molar-refractivity contribution in [3.05, 3.63) is 83.9 Å². The number of rotatable bonds is 8. The molecule has 0 aromatic heterocycles.